The van der Waals surface area contributed by atoms with Crippen molar-refractivity contribution in [1.29, 1.82) is 0 Å². The smallest absolute Gasteiger partial charge is 0.234 e. The third kappa shape index (κ3) is 0.795. The van der Waals surface area contributed by atoms with Crippen LogP contribution in [-0.4, -0.2) is 19.7 Å². The zero-order valence-electron chi connectivity index (χ0n) is 5.35. The molecule has 2 aromatic heterocycles. The van der Waals surface area contributed by atoms with E-state index in [0.29, 0.717) is 5.39 Å². The highest BCUT2D eigenvalue weighted by Crippen LogP contribution is 2.29. The quantitative estimate of drug-likeness (QED) is 0.593. The van der Waals surface area contributed by atoms with Crippen molar-refractivity contribution >= 4 is 27.4 Å². The number of rotatable bonds is 0. The highest BCUT2D eigenvalue weighted by molar-refractivity contribution is 7.13. The van der Waals surface area contributed by atoms with Gasteiger partial charge in [-0.3, -0.25) is 0 Å². The van der Waals surface area contributed by atoms with Crippen LogP contribution in [0.25, 0.3) is 10.1 Å². The molecule has 3 N–H and O–H groups in total. The van der Waals surface area contributed by atoms with Gasteiger partial charge in [-0.1, -0.05) is 0 Å². The van der Waals surface area contributed by atoms with Crippen molar-refractivity contribution in [2.24, 2.45) is 0 Å². The van der Waals surface area contributed by atoms with Crippen LogP contribution < -0.4 is 5.73 Å². The molecule has 6 heteroatoms. The van der Waals surface area contributed by atoms with Gasteiger partial charge in [0, 0.05) is 0 Å². The second kappa shape index (κ2) is 2.03. The molecule has 0 unspecified atom stereocenters. The Balaban J connectivity index is 2.96. The summed E-state index contributed by atoms with van der Waals surface area (Å²) in [6.07, 6.45) is 1.52. The average Bonchev–Trinajstić information content (AvgIpc) is 2.34. The van der Waals surface area contributed by atoms with Gasteiger partial charge in [0.15, 0.2) is 5.82 Å². The number of anilines is 1. The summed E-state index contributed by atoms with van der Waals surface area (Å²) in [5, 5.41) is 16.8. The van der Waals surface area contributed by atoms with Crippen LogP contribution in [-0.2, 0) is 0 Å². The maximum absolute atomic E-state index is 9.14. The summed E-state index contributed by atoms with van der Waals surface area (Å²) in [5.74, 6) is 0.145. The first kappa shape index (κ1) is 6.29. The molecule has 11 heavy (non-hydrogen) atoms. The minimum absolute atomic E-state index is 0.0719. The third-order valence-corrected chi connectivity index (χ3v) is 2.07. The zero-order chi connectivity index (χ0) is 7.84. The van der Waals surface area contributed by atoms with E-state index in [4.69, 9.17) is 10.8 Å². The summed E-state index contributed by atoms with van der Waals surface area (Å²) < 4.78 is 4.44. The first-order valence-electron chi connectivity index (χ1n) is 2.84. The van der Waals surface area contributed by atoms with Gasteiger partial charge in [0.1, 0.15) is 5.39 Å². The number of nitrogen functional groups attached to an aromatic ring is 1. The number of aromatic nitrogens is 3. The average molecular weight is 168 g/mol. The minimum atomic E-state index is -0.0719. The molecule has 56 valence electrons. The number of fused-ring (bicyclic) bond motifs is 1. The molecular formula is C5H4N4OS. The first-order chi connectivity index (χ1) is 5.29. The van der Waals surface area contributed by atoms with Crippen LogP contribution in [0, 0.1) is 0 Å². The van der Waals surface area contributed by atoms with Crippen LogP contribution in [0.15, 0.2) is 6.20 Å². The van der Waals surface area contributed by atoms with E-state index in [0.717, 1.165) is 16.2 Å². The molecular weight excluding hydrogens is 164 g/mol. The van der Waals surface area contributed by atoms with Gasteiger partial charge in [-0.05, 0) is 11.5 Å². The molecule has 2 rings (SSSR count). The second-order valence-electron chi connectivity index (χ2n) is 1.98. The Morgan fingerprint density at radius 1 is 1.55 bits per heavy atom. The molecule has 0 saturated heterocycles. The third-order valence-electron chi connectivity index (χ3n) is 1.30. The summed E-state index contributed by atoms with van der Waals surface area (Å²) in [7, 11) is 0. The number of aromatic hydroxyl groups is 1. The highest BCUT2D eigenvalue weighted by atomic mass is 32.1. The molecule has 0 fully saturated rings. The Bertz CT molecular complexity index is 398. The van der Waals surface area contributed by atoms with Crippen molar-refractivity contribution in [3.63, 3.8) is 0 Å². The van der Waals surface area contributed by atoms with Crippen LogP contribution in [0.3, 0.4) is 0 Å². The minimum Gasteiger partial charge on any atom is -0.492 e. The molecule has 0 atom stereocenters. The van der Waals surface area contributed by atoms with Crippen molar-refractivity contribution in [2.75, 3.05) is 5.73 Å². The van der Waals surface area contributed by atoms with Gasteiger partial charge < -0.3 is 10.8 Å². The second-order valence-corrected chi connectivity index (χ2v) is 2.78. The Morgan fingerprint density at radius 3 is 3.09 bits per heavy atom. The fourth-order valence-corrected chi connectivity index (χ4v) is 1.47. The summed E-state index contributed by atoms with van der Waals surface area (Å²) in [6, 6.07) is 0. The lowest BCUT2D eigenvalue weighted by atomic mass is 10.4. The topological polar surface area (TPSA) is 84.9 Å². The summed E-state index contributed by atoms with van der Waals surface area (Å²) in [4.78, 5) is 0. The van der Waals surface area contributed by atoms with Crippen molar-refractivity contribution < 1.29 is 5.11 Å². The molecule has 0 aliphatic rings. The van der Waals surface area contributed by atoms with Crippen molar-refractivity contribution in [3.05, 3.63) is 6.20 Å². The molecule has 0 bridgehead atoms. The van der Waals surface area contributed by atoms with Gasteiger partial charge in [0.2, 0.25) is 5.88 Å². The maximum Gasteiger partial charge on any atom is 0.234 e. The summed E-state index contributed by atoms with van der Waals surface area (Å²) in [5.41, 5.74) is 5.43. The number of nitrogens with zero attached hydrogens (tertiary/aromatic N) is 3. The van der Waals surface area contributed by atoms with Gasteiger partial charge in [0.05, 0.1) is 10.9 Å². The van der Waals surface area contributed by atoms with Crippen molar-refractivity contribution in [2.45, 2.75) is 0 Å². The van der Waals surface area contributed by atoms with Gasteiger partial charge in [-0.15, -0.1) is 5.10 Å². The molecule has 2 aromatic rings. The van der Waals surface area contributed by atoms with E-state index >= 15 is 0 Å². The monoisotopic (exact) mass is 168 g/mol. The van der Waals surface area contributed by atoms with E-state index in [9.17, 15) is 0 Å². The number of nitrogens with two attached hydrogens (primary N) is 1. The lowest BCUT2D eigenvalue weighted by Crippen LogP contribution is -1.91. The predicted molar refractivity (Wildman–Crippen MR) is 41.3 cm³/mol. The van der Waals surface area contributed by atoms with Gasteiger partial charge in [-0.2, -0.15) is 9.47 Å². The molecule has 5 nitrogen and oxygen atoms in total. The molecule has 0 amide bonds. The van der Waals surface area contributed by atoms with E-state index in [1.54, 1.807) is 0 Å². The Labute approximate surface area is 65.7 Å². The zero-order valence-corrected chi connectivity index (χ0v) is 6.17. The van der Waals surface area contributed by atoms with E-state index < -0.39 is 0 Å². The van der Waals surface area contributed by atoms with Crippen molar-refractivity contribution in [3.8, 4) is 5.88 Å². The fraction of sp³-hybridized carbons (Fsp3) is 0. The normalized spacial score (nSPS) is 10.5. The Hall–Kier alpha value is -1.43. The molecule has 0 aliphatic heterocycles. The van der Waals surface area contributed by atoms with Crippen LogP contribution in [0.1, 0.15) is 0 Å². The summed E-state index contributed by atoms with van der Waals surface area (Å²) >= 11 is 1.15. The standard InChI is InChI=1S/C5H4N4OS/c6-4-3-2(1-7-8-4)11-9-5(3)10/h1H,(H2,6,8)(H,9,10). The Morgan fingerprint density at radius 2 is 2.36 bits per heavy atom. The SMILES string of the molecule is Nc1nncc2snc(O)c12. The van der Waals surface area contributed by atoms with E-state index in [2.05, 4.69) is 14.6 Å². The fourth-order valence-electron chi connectivity index (χ4n) is 0.816. The molecule has 0 spiro atoms. The molecule has 0 aliphatic carbocycles. The highest BCUT2D eigenvalue weighted by Gasteiger charge is 2.08. The molecule has 0 saturated carbocycles. The van der Waals surface area contributed by atoms with E-state index in [1.807, 2.05) is 0 Å². The van der Waals surface area contributed by atoms with Crippen LogP contribution in [0.5, 0.6) is 5.88 Å². The number of hydrogen-bond acceptors (Lipinski definition) is 6. The largest absolute Gasteiger partial charge is 0.492 e. The van der Waals surface area contributed by atoms with Crippen LogP contribution in [0.4, 0.5) is 5.82 Å². The van der Waals surface area contributed by atoms with E-state index in [-0.39, 0.29) is 11.7 Å². The van der Waals surface area contributed by atoms with Gasteiger partial charge in [0.25, 0.3) is 0 Å². The van der Waals surface area contributed by atoms with E-state index in [1.165, 1.54) is 6.20 Å². The number of hydrogen-bond donors (Lipinski definition) is 2. The maximum atomic E-state index is 9.14. The van der Waals surface area contributed by atoms with Gasteiger partial charge in [-0.25, -0.2) is 0 Å². The summed E-state index contributed by atoms with van der Waals surface area (Å²) in [6.45, 7) is 0. The first-order valence-corrected chi connectivity index (χ1v) is 3.62. The van der Waals surface area contributed by atoms with Crippen LogP contribution in [0.2, 0.25) is 0 Å². The molecule has 0 aromatic carbocycles. The Kier molecular flexibility index (Phi) is 1.16. The van der Waals surface area contributed by atoms with Crippen molar-refractivity contribution in [1.82, 2.24) is 14.6 Å². The van der Waals surface area contributed by atoms with Crippen LogP contribution >= 0.6 is 11.5 Å². The lowest BCUT2D eigenvalue weighted by Gasteiger charge is -1.90. The van der Waals surface area contributed by atoms with Gasteiger partial charge >= 0.3 is 0 Å². The molecule has 2 heterocycles. The predicted octanol–water partition coefficient (Wildman–Crippen LogP) is 0.374. The molecule has 0 radical (unpaired) electrons. The lowest BCUT2D eigenvalue weighted by molar-refractivity contribution is 0.466.